The van der Waals surface area contributed by atoms with E-state index in [9.17, 15) is 24.5 Å². The highest BCUT2D eigenvalue weighted by Gasteiger charge is 2.15. The second kappa shape index (κ2) is 9.85. The molecule has 2 amide bonds. The Bertz CT molecular complexity index is 1180. The highest BCUT2D eigenvalue weighted by Crippen LogP contribution is 2.20. The molecule has 0 aromatic heterocycles. The van der Waals surface area contributed by atoms with Crippen LogP contribution in [0.2, 0.25) is 0 Å². The molecular formula is C22H17N3O7. The fourth-order valence-corrected chi connectivity index (χ4v) is 2.71. The highest BCUT2D eigenvalue weighted by molar-refractivity contribution is 6.10. The molecule has 0 bridgehead atoms. The Morgan fingerprint density at radius 2 is 1.66 bits per heavy atom. The molecule has 3 aromatic rings. The molecule has 0 fully saturated rings. The van der Waals surface area contributed by atoms with Crippen LogP contribution in [-0.4, -0.2) is 34.4 Å². The number of rotatable bonds is 8. The first-order chi connectivity index (χ1) is 15.3. The van der Waals surface area contributed by atoms with Crippen molar-refractivity contribution in [2.75, 3.05) is 17.2 Å². The summed E-state index contributed by atoms with van der Waals surface area (Å²) in [5, 5.41) is 25.0. The number of para-hydroxylation sites is 1. The Kier molecular flexibility index (Phi) is 6.76. The summed E-state index contributed by atoms with van der Waals surface area (Å²) in [5.74, 6) is -2.00. The topological polar surface area (TPSA) is 148 Å². The van der Waals surface area contributed by atoms with Crippen molar-refractivity contribution >= 4 is 34.8 Å². The summed E-state index contributed by atoms with van der Waals surface area (Å²) in [6.07, 6.45) is 0. The van der Waals surface area contributed by atoms with Gasteiger partial charge in [-0.25, -0.2) is 4.79 Å². The fraction of sp³-hybridized carbons (Fsp3) is 0.0455. The van der Waals surface area contributed by atoms with Gasteiger partial charge in [-0.2, -0.15) is 0 Å². The quantitative estimate of drug-likeness (QED) is 0.362. The number of carbonyl (C=O) groups excluding carboxylic acids is 2. The Hall–Kier alpha value is -4.73. The molecule has 0 radical (unpaired) electrons. The highest BCUT2D eigenvalue weighted by atomic mass is 16.6. The summed E-state index contributed by atoms with van der Waals surface area (Å²) < 4.78 is 5.29. The monoisotopic (exact) mass is 435 g/mol. The molecule has 0 aliphatic heterocycles. The van der Waals surface area contributed by atoms with Gasteiger partial charge in [-0.15, -0.1) is 0 Å². The van der Waals surface area contributed by atoms with Crippen LogP contribution in [0.4, 0.5) is 17.1 Å². The van der Waals surface area contributed by atoms with Gasteiger partial charge >= 0.3 is 5.97 Å². The average Bonchev–Trinajstić information content (AvgIpc) is 2.78. The average molecular weight is 435 g/mol. The van der Waals surface area contributed by atoms with Crippen LogP contribution in [0.15, 0.2) is 72.8 Å². The third-order valence-corrected chi connectivity index (χ3v) is 4.23. The lowest BCUT2D eigenvalue weighted by molar-refractivity contribution is -0.384. The van der Waals surface area contributed by atoms with E-state index in [1.165, 1.54) is 60.7 Å². The number of hydrogen-bond donors (Lipinski definition) is 3. The summed E-state index contributed by atoms with van der Waals surface area (Å²) >= 11 is 0. The van der Waals surface area contributed by atoms with Crippen molar-refractivity contribution in [1.29, 1.82) is 0 Å². The Morgan fingerprint density at radius 1 is 0.938 bits per heavy atom. The van der Waals surface area contributed by atoms with E-state index in [-0.39, 0.29) is 28.3 Å². The zero-order chi connectivity index (χ0) is 23.1. The van der Waals surface area contributed by atoms with Crippen molar-refractivity contribution in [3.05, 3.63) is 94.0 Å². The molecule has 0 aliphatic rings. The van der Waals surface area contributed by atoms with Crippen LogP contribution in [0, 0.1) is 10.1 Å². The molecule has 0 aliphatic carbocycles. The normalized spacial score (nSPS) is 10.1. The van der Waals surface area contributed by atoms with E-state index in [4.69, 9.17) is 9.84 Å². The molecule has 0 saturated heterocycles. The molecule has 0 saturated carbocycles. The van der Waals surface area contributed by atoms with Gasteiger partial charge in [0.25, 0.3) is 17.5 Å². The zero-order valence-corrected chi connectivity index (χ0v) is 16.5. The van der Waals surface area contributed by atoms with Crippen LogP contribution >= 0.6 is 0 Å². The third-order valence-electron chi connectivity index (χ3n) is 4.23. The van der Waals surface area contributed by atoms with Gasteiger partial charge in [-0.3, -0.25) is 19.7 Å². The van der Waals surface area contributed by atoms with Gasteiger partial charge in [0.05, 0.1) is 27.8 Å². The maximum Gasteiger partial charge on any atom is 0.335 e. The maximum atomic E-state index is 12.6. The van der Waals surface area contributed by atoms with E-state index in [0.29, 0.717) is 5.69 Å². The number of carboxylic acid groups (broad SMARTS) is 1. The van der Waals surface area contributed by atoms with Gasteiger partial charge < -0.3 is 20.5 Å². The number of nitrogens with zero attached hydrogens (tertiary/aromatic N) is 1. The largest absolute Gasteiger partial charge is 0.484 e. The van der Waals surface area contributed by atoms with Crippen molar-refractivity contribution < 1.29 is 29.2 Å². The number of amides is 2. The van der Waals surface area contributed by atoms with Crippen LogP contribution in [0.1, 0.15) is 20.7 Å². The van der Waals surface area contributed by atoms with Crippen LogP contribution in [0.5, 0.6) is 5.75 Å². The number of ether oxygens (including phenoxy) is 1. The predicted molar refractivity (Wildman–Crippen MR) is 115 cm³/mol. The van der Waals surface area contributed by atoms with Crippen LogP contribution in [0.25, 0.3) is 0 Å². The summed E-state index contributed by atoms with van der Waals surface area (Å²) in [6, 6.07) is 17.4. The molecule has 3 aromatic carbocycles. The SMILES string of the molecule is O=C(COc1cccc([N+](=O)[O-])c1)Nc1ccccc1C(=O)Nc1ccc(C(=O)O)cc1. The zero-order valence-electron chi connectivity index (χ0n) is 16.5. The first-order valence-corrected chi connectivity index (χ1v) is 9.24. The first-order valence-electron chi connectivity index (χ1n) is 9.24. The van der Waals surface area contributed by atoms with Crippen molar-refractivity contribution in [2.45, 2.75) is 0 Å². The van der Waals surface area contributed by atoms with Gasteiger partial charge in [0.1, 0.15) is 5.75 Å². The second-order valence-corrected chi connectivity index (χ2v) is 6.47. The summed E-state index contributed by atoms with van der Waals surface area (Å²) in [4.78, 5) is 46.1. The molecule has 10 nitrogen and oxygen atoms in total. The number of aromatic carboxylic acids is 1. The Morgan fingerprint density at radius 3 is 2.34 bits per heavy atom. The molecule has 10 heteroatoms. The van der Waals surface area contributed by atoms with E-state index in [1.54, 1.807) is 12.1 Å². The molecule has 3 N–H and O–H groups in total. The summed E-state index contributed by atoms with van der Waals surface area (Å²) in [7, 11) is 0. The van der Waals surface area contributed by atoms with Crippen molar-refractivity contribution in [3.63, 3.8) is 0 Å². The number of nitrogens with one attached hydrogen (secondary N) is 2. The minimum atomic E-state index is -1.08. The minimum absolute atomic E-state index is 0.0828. The fourth-order valence-electron chi connectivity index (χ4n) is 2.71. The van der Waals surface area contributed by atoms with Gasteiger partial charge in [0.15, 0.2) is 6.61 Å². The van der Waals surface area contributed by atoms with Crippen molar-refractivity contribution in [1.82, 2.24) is 0 Å². The van der Waals surface area contributed by atoms with Gasteiger partial charge in [-0.1, -0.05) is 18.2 Å². The Balaban J connectivity index is 1.64. The van der Waals surface area contributed by atoms with Gasteiger partial charge in [0, 0.05) is 11.8 Å². The summed E-state index contributed by atoms with van der Waals surface area (Å²) in [6.45, 7) is -0.423. The lowest BCUT2D eigenvalue weighted by Gasteiger charge is -2.12. The van der Waals surface area contributed by atoms with Crippen molar-refractivity contribution in [2.24, 2.45) is 0 Å². The second-order valence-electron chi connectivity index (χ2n) is 6.47. The van der Waals surface area contributed by atoms with E-state index in [2.05, 4.69) is 10.6 Å². The molecule has 3 rings (SSSR count). The lowest BCUT2D eigenvalue weighted by atomic mass is 10.1. The predicted octanol–water partition coefficient (Wildman–Crippen LogP) is 3.56. The number of nitro benzene ring substituents is 1. The lowest BCUT2D eigenvalue weighted by Crippen LogP contribution is -2.22. The van der Waals surface area contributed by atoms with E-state index in [0.717, 1.165) is 0 Å². The number of carboxylic acids is 1. The molecule has 0 spiro atoms. The van der Waals surface area contributed by atoms with Gasteiger partial charge in [0.2, 0.25) is 0 Å². The molecule has 0 unspecified atom stereocenters. The third kappa shape index (κ3) is 5.66. The van der Waals surface area contributed by atoms with Crippen LogP contribution in [0.3, 0.4) is 0 Å². The first kappa shape index (κ1) is 22.0. The number of nitro groups is 1. The number of hydrogen-bond acceptors (Lipinski definition) is 6. The smallest absolute Gasteiger partial charge is 0.335 e. The van der Waals surface area contributed by atoms with E-state index in [1.807, 2.05) is 0 Å². The molecule has 0 heterocycles. The number of carbonyl (C=O) groups is 3. The maximum absolute atomic E-state index is 12.6. The molecule has 32 heavy (non-hydrogen) atoms. The molecule has 162 valence electrons. The van der Waals surface area contributed by atoms with Crippen LogP contribution < -0.4 is 15.4 Å². The van der Waals surface area contributed by atoms with E-state index < -0.39 is 29.3 Å². The molecular weight excluding hydrogens is 418 g/mol. The van der Waals surface area contributed by atoms with E-state index >= 15 is 0 Å². The number of non-ortho nitro benzene ring substituents is 1. The standard InChI is InChI=1S/C22H17N3O7/c26-20(13-32-17-5-3-4-16(12-17)25(30)31)24-19-7-2-1-6-18(19)21(27)23-15-10-8-14(9-11-15)22(28)29/h1-12H,13H2,(H,23,27)(H,24,26)(H,28,29). The van der Waals surface area contributed by atoms with Gasteiger partial charge in [-0.05, 0) is 42.5 Å². The Labute approximate surface area is 181 Å². The number of anilines is 2. The summed E-state index contributed by atoms with van der Waals surface area (Å²) in [5.41, 5.74) is 0.717. The number of benzene rings is 3. The molecule has 0 atom stereocenters. The van der Waals surface area contributed by atoms with Crippen LogP contribution in [-0.2, 0) is 4.79 Å². The minimum Gasteiger partial charge on any atom is -0.484 e. The van der Waals surface area contributed by atoms with Crippen molar-refractivity contribution in [3.8, 4) is 5.75 Å².